The number of esters is 1. The molecule has 0 N–H and O–H groups in total. The van der Waals surface area contributed by atoms with Gasteiger partial charge >= 0.3 is 5.97 Å². The van der Waals surface area contributed by atoms with Crippen LogP contribution in [0.2, 0.25) is 10.0 Å². The van der Waals surface area contributed by atoms with Crippen molar-refractivity contribution in [2.24, 2.45) is 0 Å². The van der Waals surface area contributed by atoms with Gasteiger partial charge in [0.1, 0.15) is 0 Å². The summed E-state index contributed by atoms with van der Waals surface area (Å²) >= 11 is 12.0. The van der Waals surface area contributed by atoms with E-state index in [-0.39, 0.29) is 28.0 Å². The maximum Gasteiger partial charge on any atom is 0.337 e. The van der Waals surface area contributed by atoms with Gasteiger partial charge in [0.25, 0.3) is 0 Å². The second-order valence-electron chi connectivity index (χ2n) is 6.36. The van der Waals surface area contributed by atoms with Crippen molar-refractivity contribution in [1.29, 1.82) is 0 Å². The minimum absolute atomic E-state index is 0.0269. The van der Waals surface area contributed by atoms with Crippen LogP contribution in [0.4, 0.5) is 0 Å². The number of pyridine rings is 1. The third kappa shape index (κ3) is 5.17. The summed E-state index contributed by atoms with van der Waals surface area (Å²) in [5.41, 5.74) is 1.67. The molecule has 0 aliphatic heterocycles. The molecule has 3 rings (SSSR count). The third-order valence-electron chi connectivity index (χ3n) is 4.33. The molecule has 1 aromatic heterocycles. The SMILES string of the molecule is COC(=O)c1ccc(CN(Cc2ccccn2)S(=O)(=O)c2ccc(Cl)c(Cl)c2)cc1. The molecule has 0 unspecified atom stereocenters. The van der Waals surface area contributed by atoms with Crippen molar-refractivity contribution >= 4 is 39.2 Å². The third-order valence-corrected chi connectivity index (χ3v) is 6.85. The number of aromatic nitrogens is 1. The van der Waals surface area contributed by atoms with Gasteiger partial charge in [-0.3, -0.25) is 4.98 Å². The van der Waals surface area contributed by atoms with Crippen LogP contribution in [0.15, 0.2) is 71.8 Å². The van der Waals surface area contributed by atoms with E-state index in [1.54, 1.807) is 48.7 Å². The van der Waals surface area contributed by atoms with E-state index in [1.807, 2.05) is 0 Å². The Labute approximate surface area is 185 Å². The Bertz CT molecular complexity index is 1140. The molecule has 0 fully saturated rings. The normalized spacial score (nSPS) is 11.5. The lowest BCUT2D eigenvalue weighted by Crippen LogP contribution is -2.30. The molecule has 30 heavy (non-hydrogen) atoms. The van der Waals surface area contributed by atoms with E-state index in [9.17, 15) is 13.2 Å². The first-order chi connectivity index (χ1) is 14.3. The lowest BCUT2D eigenvalue weighted by Gasteiger charge is -2.22. The van der Waals surface area contributed by atoms with Crippen molar-refractivity contribution in [2.45, 2.75) is 18.0 Å². The van der Waals surface area contributed by atoms with Gasteiger partial charge in [-0.05, 0) is 48.0 Å². The number of carbonyl (C=O) groups is 1. The predicted octanol–water partition coefficient (Wildman–Crippen LogP) is 4.57. The monoisotopic (exact) mass is 464 g/mol. The Morgan fingerprint density at radius 3 is 2.33 bits per heavy atom. The smallest absolute Gasteiger partial charge is 0.337 e. The van der Waals surface area contributed by atoms with Gasteiger partial charge in [-0.15, -0.1) is 0 Å². The van der Waals surface area contributed by atoms with Gasteiger partial charge in [0, 0.05) is 12.7 Å². The number of hydrogen-bond acceptors (Lipinski definition) is 5. The van der Waals surface area contributed by atoms with Crippen LogP contribution in [-0.4, -0.2) is 30.8 Å². The summed E-state index contributed by atoms with van der Waals surface area (Å²) in [4.78, 5) is 15.9. The van der Waals surface area contributed by atoms with E-state index in [1.165, 1.54) is 29.6 Å². The van der Waals surface area contributed by atoms with Crippen LogP contribution < -0.4 is 0 Å². The highest BCUT2D eigenvalue weighted by Gasteiger charge is 2.26. The maximum absolute atomic E-state index is 13.3. The van der Waals surface area contributed by atoms with Crippen LogP contribution in [0.1, 0.15) is 21.6 Å². The van der Waals surface area contributed by atoms with Gasteiger partial charge in [-0.1, -0.05) is 41.4 Å². The number of hydrogen-bond donors (Lipinski definition) is 0. The lowest BCUT2D eigenvalue weighted by molar-refractivity contribution is 0.0600. The summed E-state index contributed by atoms with van der Waals surface area (Å²) in [6.45, 7) is 0.128. The summed E-state index contributed by atoms with van der Waals surface area (Å²) in [7, 11) is -2.61. The second kappa shape index (κ2) is 9.57. The Morgan fingerprint density at radius 1 is 1.00 bits per heavy atom. The molecule has 2 aromatic carbocycles. The van der Waals surface area contributed by atoms with Crippen molar-refractivity contribution in [2.75, 3.05) is 7.11 Å². The molecule has 0 saturated carbocycles. The molecule has 0 saturated heterocycles. The van der Waals surface area contributed by atoms with Gasteiger partial charge in [-0.2, -0.15) is 4.31 Å². The average Bonchev–Trinajstić information content (AvgIpc) is 2.75. The van der Waals surface area contributed by atoms with Crippen LogP contribution >= 0.6 is 23.2 Å². The fraction of sp³-hybridized carbons (Fsp3) is 0.143. The molecule has 0 amide bonds. The quantitative estimate of drug-likeness (QED) is 0.478. The first-order valence-electron chi connectivity index (χ1n) is 8.83. The van der Waals surface area contributed by atoms with Crippen molar-refractivity contribution < 1.29 is 17.9 Å². The van der Waals surface area contributed by atoms with Crippen molar-refractivity contribution in [1.82, 2.24) is 9.29 Å². The minimum Gasteiger partial charge on any atom is -0.465 e. The Balaban J connectivity index is 1.95. The molecular weight excluding hydrogens is 447 g/mol. The number of rotatable bonds is 7. The van der Waals surface area contributed by atoms with Crippen molar-refractivity contribution in [3.05, 3.63) is 93.7 Å². The standard InChI is InChI=1S/C21H18Cl2N2O4S/c1-29-21(26)16-7-5-15(6-8-16)13-25(14-17-4-2-3-11-24-17)30(27,28)18-9-10-19(22)20(23)12-18/h2-12H,13-14H2,1H3. The highest BCUT2D eigenvalue weighted by atomic mass is 35.5. The Hall–Kier alpha value is -2.45. The molecule has 1 heterocycles. The summed E-state index contributed by atoms with van der Waals surface area (Å²) < 4.78 is 32.7. The predicted molar refractivity (Wildman–Crippen MR) is 115 cm³/mol. The maximum atomic E-state index is 13.3. The molecule has 0 spiro atoms. The Kier molecular flexibility index (Phi) is 7.10. The molecular formula is C21H18Cl2N2O4S. The Morgan fingerprint density at radius 2 is 1.73 bits per heavy atom. The molecule has 3 aromatic rings. The van der Waals surface area contributed by atoms with Crippen LogP contribution in [0, 0.1) is 0 Å². The zero-order valence-electron chi connectivity index (χ0n) is 16.0. The van der Waals surface area contributed by atoms with Crippen LogP contribution in [0.5, 0.6) is 0 Å². The number of carbonyl (C=O) groups excluding carboxylic acids is 1. The number of methoxy groups -OCH3 is 1. The summed E-state index contributed by atoms with van der Waals surface area (Å²) in [6, 6.07) is 16.0. The molecule has 0 aliphatic carbocycles. The van der Waals surface area contributed by atoms with E-state index in [0.29, 0.717) is 16.8 Å². The number of ether oxygens (including phenoxy) is 1. The van der Waals surface area contributed by atoms with Gasteiger partial charge < -0.3 is 4.74 Å². The van der Waals surface area contributed by atoms with Crippen molar-refractivity contribution in [3.63, 3.8) is 0 Å². The number of nitrogens with zero attached hydrogens (tertiary/aromatic N) is 2. The van der Waals surface area contributed by atoms with Gasteiger partial charge in [0.05, 0.1) is 39.9 Å². The van der Waals surface area contributed by atoms with Crippen molar-refractivity contribution in [3.8, 4) is 0 Å². The fourth-order valence-corrected chi connectivity index (χ4v) is 4.54. The molecule has 9 heteroatoms. The zero-order valence-corrected chi connectivity index (χ0v) is 18.3. The van der Waals surface area contributed by atoms with Crippen LogP contribution in [0.3, 0.4) is 0 Å². The topological polar surface area (TPSA) is 76.6 Å². The number of halogens is 2. The van der Waals surface area contributed by atoms with Gasteiger partial charge in [0.2, 0.25) is 10.0 Å². The van der Waals surface area contributed by atoms with E-state index in [4.69, 9.17) is 27.9 Å². The minimum atomic E-state index is -3.91. The highest BCUT2D eigenvalue weighted by Crippen LogP contribution is 2.28. The number of sulfonamides is 1. The van der Waals surface area contributed by atoms with E-state index >= 15 is 0 Å². The molecule has 6 nitrogen and oxygen atoms in total. The summed E-state index contributed by atoms with van der Waals surface area (Å²) in [5.74, 6) is -0.463. The molecule has 0 bridgehead atoms. The molecule has 0 atom stereocenters. The summed E-state index contributed by atoms with van der Waals surface area (Å²) in [5, 5.41) is 0.420. The average molecular weight is 465 g/mol. The van der Waals surface area contributed by atoms with E-state index < -0.39 is 16.0 Å². The fourth-order valence-electron chi connectivity index (χ4n) is 2.75. The number of benzene rings is 2. The first kappa shape index (κ1) is 22.2. The molecule has 156 valence electrons. The van der Waals surface area contributed by atoms with E-state index in [2.05, 4.69) is 4.98 Å². The van der Waals surface area contributed by atoms with E-state index in [0.717, 1.165) is 0 Å². The molecule has 0 radical (unpaired) electrons. The van der Waals surface area contributed by atoms with Crippen LogP contribution in [0.25, 0.3) is 0 Å². The first-order valence-corrected chi connectivity index (χ1v) is 11.0. The van der Waals surface area contributed by atoms with Gasteiger partial charge in [0.15, 0.2) is 0 Å². The van der Waals surface area contributed by atoms with Gasteiger partial charge in [-0.25, -0.2) is 13.2 Å². The molecule has 0 aliphatic rings. The highest BCUT2D eigenvalue weighted by molar-refractivity contribution is 7.89. The lowest BCUT2D eigenvalue weighted by atomic mass is 10.1. The zero-order chi connectivity index (χ0) is 21.7. The largest absolute Gasteiger partial charge is 0.465 e. The van der Waals surface area contributed by atoms with Crippen LogP contribution in [-0.2, 0) is 27.8 Å². The summed E-state index contributed by atoms with van der Waals surface area (Å²) in [6.07, 6.45) is 1.60. The second-order valence-corrected chi connectivity index (χ2v) is 9.11.